The molecule has 0 amide bonds. The normalized spacial score (nSPS) is 10.3. The molecule has 1 N–H and O–H groups in total. The van der Waals surface area contributed by atoms with E-state index < -0.39 is 5.97 Å². The van der Waals surface area contributed by atoms with Gasteiger partial charge in [-0.3, -0.25) is 0 Å². The summed E-state index contributed by atoms with van der Waals surface area (Å²) in [6.45, 7) is 0. The van der Waals surface area contributed by atoms with Crippen molar-refractivity contribution in [1.29, 1.82) is 0 Å². The molecule has 0 aliphatic carbocycles. The third-order valence-electron chi connectivity index (χ3n) is 2.69. The summed E-state index contributed by atoms with van der Waals surface area (Å²) in [5, 5.41) is 7.43. The number of H-pyrrole nitrogens is 1. The van der Waals surface area contributed by atoms with Crippen molar-refractivity contribution in [2.75, 3.05) is 14.2 Å². The van der Waals surface area contributed by atoms with Crippen LogP contribution in [0.5, 0.6) is 5.88 Å². The lowest BCUT2D eigenvalue weighted by Crippen LogP contribution is -2.06. The number of aromatic amines is 1. The first-order chi connectivity index (χ1) is 9.15. The highest BCUT2D eigenvalue weighted by molar-refractivity contribution is 6.30. The van der Waals surface area contributed by atoms with E-state index in [-0.39, 0.29) is 0 Å². The molecule has 0 radical (unpaired) electrons. The molecule has 0 bridgehead atoms. The Hall–Kier alpha value is -2.01. The third-order valence-corrected chi connectivity index (χ3v) is 2.94. The van der Waals surface area contributed by atoms with Gasteiger partial charge in [0.25, 0.3) is 0 Å². The number of carbonyl (C=O) groups is 1. The summed E-state index contributed by atoms with van der Waals surface area (Å²) in [5.41, 5.74) is 1.88. The van der Waals surface area contributed by atoms with E-state index in [1.165, 1.54) is 14.2 Å². The maximum Gasteiger partial charge on any atom is 0.345 e. The molecule has 19 heavy (non-hydrogen) atoms. The van der Waals surface area contributed by atoms with Crippen LogP contribution in [0.25, 0.3) is 0 Å². The number of nitrogens with one attached hydrogen (secondary N) is 1. The van der Waals surface area contributed by atoms with Crippen molar-refractivity contribution in [3.8, 4) is 5.88 Å². The van der Waals surface area contributed by atoms with E-state index in [4.69, 9.17) is 21.1 Å². The fourth-order valence-corrected chi connectivity index (χ4v) is 1.87. The smallest absolute Gasteiger partial charge is 0.345 e. The molecule has 0 saturated carbocycles. The molecule has 0 fully saturated rings. The van der Waals surface area contributed by atoms with Gasteiger partial charge in [0, 0.05) is 11.4 Å². The van der Waals surface area contributed by atoms with Gasteiger partial charge in [0.15, 0.2) is 0 Å². The van der Waals surface area contributed by atoms with Gasteiger partial charge >= 0.3 is 5.97 Å². The molecule has 100 valence electrons. The molecular formula is C13H13ClN2O3. The van der Waals surface area contributed by atoms with E-state index in [0.29, 0.717) is 28.6 Å². The molecule has 0 spiro atoms. The van der Waals surface area contributed by atoms with E-state index >= 15 is 0 Å². The highest BCUT2D eigenvalue weighted by atomic mass is 35.5. The number of rotatable bonds is 4. The van der Waals surface area contributed by atoms with Gasteiger partial charge < -0.3 is 9.47 Å². The number of nitrogens with zero attached hydrogens (tertiary/aromatic N) is 1. The summed E-state index contributed by atoms with van der Waals surface area (Å²) in [4.78, 5) is 11.7. The Bertz CT molecular complexity index is 578. The quantitative estimate of drug-likeness (QED) is 0.874. The van der Waals surface area contributed by atoms with E-state index in [2.05, 4.69) is 10.2 Å². The Morgan fingerprint density at radius 3 is 2.58 bits per heavy atom. The number of esters is 1. The Labute approximate surface area is 115 Å². The average molecular weight is 281 g/mol. The Kier molecular flexibility index (Phi) is 4.06. The number of benzene rings is 1. The number of methoxy groups -OCH3 is 2. The first kappa shape index (κ1) is 13.4. The SMILES string of the molecule is COC(=O)c1c(Cc2ccc(Cl)cc2)n[nH]c1OC. The highest BCUT2D eigenvalue weighted by Gasteiger charge is 2.22. The predicted molar refractivity (Wildman–Crippen MR) is 70.7 cm³/mol. The summed E-state index contributed by atoms with van der Waals surface area (Å²) < 4.78 is 9.80. The lowest BCUT2D eigenvalue weighted by atomic mass is 10.1. The predicted octanol–water partition coefficient (Wildman–Crippen LogP) is 2.45. The van der Waals surface area contributed by atoms with Gasteiger partial charge in [-0.2, -0.15) is 5.10 Å². The van der Waals surface area contributed by atoms with Gasteiger partial charge in [-0.05, 0) is 17.7 Å². The molecule has 1 heterocycles. The van der Waals surface area contributed by atoms with E-state index in [0.717, 1.165) is 5.56 Å². The average Bonchev–Trinajstić information content (AvgIpc) is 2.83. The van der Waals surface area contributed by atoms with Crippen molar-refractivity contribution >= 4 is 17.6 Å². The zero-order chi connectivity index (χ0) is 13.8. The van der Waals surface area contributed by atoms with Gasteiger partial charge in [-0.25, -0.2) is 9.89 Å². The molecule has 5 nitrogen and oxygen atoms in total. The topological polar surface area (TPSA) is 64.2 Å². The Balaban J connectivity index is 2.32. The third kappa shape index (κ3) is 2.88. The lowest BCUT2D eigenvalue weighted by molar-refractivity contribution is 0.0596. The second kappa shape index (κ2) is 5.75. The van der Waals surface area contributed by atoms with Crippen LogP contribution in [0, 0.1) is 0 Å². The largest absolute Gasteiger partial charge is 0.481 e. The summed E-state index contributed by atoms with van der Waals surface area (Å²) in [5.74, 6) is -0.176. The van der Waals surface area contributed by atoms with Gasteiger partial charge in [0.05, 0.1) is 19.9 Å². The second-order valence-electron chi connectivity index (χ2n) is 3.87. The summed E-state index contributed by atoms with van der Waals surface area (Å²) >= 11 is 5.83. The summed E-state index contributed by atoms with van der Waals surface area (Å²) in [6, 6.07) is 7.34. The van der Waals surface area contributed by atoms with Crippen LogP contribution in [0.4, 0.5) is 0 Å². The minimum atomic E-state index is -0.477. The zero-order valence-electron chi connectivity index (χ0n) is 10.6. The molecule has 0 atom stereocenters. The van der Waals surface area contributed by atoms with Gasteiger partial charge in [0.1, 0.15) is 5.56 Å². The van der Waals surface area contributed by atoms with Gasteiger partial charge in [0.2, 0.25) is 5.88 Å². The minimum absolute atomic E-state index is 0.302. The Morgan fingerprint density at radius 1 is 1.32 bits per heavy atom. The van der Waals surface area contributed by atoms with Crippen LogP contribution in [0.2, 0.25) is 5.02 Å². The fourth-order valence-electron chi connectivity index (χ4n) is 1.74. The van der Waals surface area contributed by atoms with Gasteiger partial charge in [-0.15, -0.1) is 0 Å². The van der Waals surface area contributed by atoms with Crippen LogP contribution in [0.15, 0.2) is 24.3 Å². The zero-order valence-corrected chi connectivity index (χ0v) is 11.3. The molecule has 6 heteroatoms. The highest BCUT2D eigenvalue weighted by Crippen LogP contribution is 2.22. The molecule has 0 aliphatic heterocycles. The molecule has 2 aromatic rings. The number of hydrogen-bond donors (Lipinski definition) is 1. The number of ether oxygens (including phenoxy) is 2. The van der Waals surface area contributed by atoms with Crippen LogP contribution < -0.4 is 4.74 Å². The van der Waals surface area contributed by atoms with Gasteiger partial charge in [-0.1, -0.05) is 23.7 Å². The van der Waals surface area contributed by atoms with Crippen LogP contribution in [-0.4, -0.2) is 30.4 Å². The standard InChI is InChI=1S/C13H13ClN2O3/c1-18-12-11(13(17)19-2)10(15-16-12)7-8-3-5-9(14)6-4-8/h3-6H,7H2,1-2H3,(H,15,16). The van der Waals surface area contributed by atoms with E-state index in [1.807, 2.05) is 12.1 Å². The van der Waals surface area contributed by atoms with Crippen molar-refractivity contribution in [3.05, 3.63) is 46.1 Å². The maximum atomic E-state index is 11.7. The second-order valence-corrected chi connectivity index (χ2v) is 4.31. The van der Waals surface area contributed by atoms with Crippen molar-refractivity contribution < 1.29 is 14.3 Å². The van der Waals surface area contributed by atoms with Crippen molar-refractivity contribution in [2.45, 2.75) is 6.42 Å². The first-order valence-corrected chi connectivity index (χ1v) is 5.97. The molecule has 0 saturated heterocycles. The molecule has 0 unspecified atom stereocenters. The first-order valence-electron chi connectivity index (χ1n) is 5.59. The Morgan fingerprint density at radius 2 is 2.00 bits per heavy atom. The van der Waals surface area contributed by atoms with E-state index in [9.17, 15) is 4.79 Å². The number of carbonyl (C=O) groups excluding carboxylic acids is 1. The number of aromatic nitrogens is 2. The number of halogens is 1. The monoisotopic (exact) mass is 280 g/mol. The molecular weight excluding hydrogens is 268 g/mol. The number of hydrogen-bond acceptors (Lipinski definition) is 4. The van der Waals surface area contributed by atoms with Crippen LogP contribution in [0.3, 0.4) is 0 Å². The van der Waals surface area contributed by atoms with Crippen LogP contribution in [0.1, 0.15) is 21.6 Å². The lowest BCUT2D eigenvalue weighted by Gasteiger charge is -2.03. The molecule has 1 aromatic carbocycles. The maximum absolute atomic E-state index is 11.7. The molecule has 1 aromatic heterocycles. The van der Waals surface area contributed by atoms with Crippen molar-refractivity contribution in [1.82, 2.24) is 10.2 Å². The fraction of sp³-hybridized carbons (Fsp3) is 0.231. The van der Waals surface area contributed by atoms with Crippen molar-refractivity contribution in [2.24, 2.45) is 0 Å². The van der Waals surface area contributed by atoms with Crippen molar-refractivity contribution in [3.63, 3.8) is 0 Å². The van der Waals surface area contributed by atoms with E-state index in [1.54, 1.807) is 12.1 Å². The van der Waals surface area contributed by atoms with Crippen LogP contribution in [-0.2, 0) is 11.2 Å². The molecule has 0 aliphatic rings. The minimum Gasteiger partial charge on any atom is -0.481 e. The van der Waals surface area contributed by atoms with Crippen LogP contribution >= 0.6 is 11.6 Å². The summed E-state index contributed by atoms with van der Waals surface area (Å²) in [7, 11) is 2.78. The molecule has 2 rings (SSSR count). The summed E-state index contributed by atoms with van der Waals surface area (Å²) in [6.07, 6.45) is 0.488.